The third-order valence-electron chi connectivity index (χ3n) is 5.41. The van der Waals surface area contributed by atoms with E-state index < -0.39 is 0 Å². The van der Waals surface area contributed by atoms with Crippen molar-refractivity contribution in [2.75, 3.05) is 24.6 Å². The maximum Gasteiger partial charge on any atom is 0.333 e. The molecule has 1 aliphatic rings. The van der Waals surface area contributed by atoms with Crippen molar-refractivity contribution in [3.63, 3.8) is 0 Å². The molecule has 4 rings (SSSR count). The first-order valence-electron chi connectivity index (χ1n) is 10.3. The van der Waals surface area contributed by atoms with Crippen LogP contribution in [0.25, 0.3) is 5.69 Å². The molecular formula is C22H28BrN5O2. The van der Waals surface area contributed by atoms with Crippen molar-refractivity contribution in [3.8, 4) is 5.69 Å². The van der Waals surface area contributed by atoms with Gasteiger partial charge in [0.1, 0.15) is 0 Å². The van der Waals surface area contributed by atoms with E-state index in [-0.39, 0.29) is 11.3 Å². The van der Waals surface area contributed by atoms with E-state index in [1.54, 1.807) is 9.13 Å². The molecule has 1 saturated heterocycles. The summed E-state index contributed by atoms with van der Waals surface area (Å²) < 4.78 is 12.2. The Labute approximate surface area is 185 Å². The lowest BCUT2D eigenvalue weighted by Gasteiger charge is -2.39. The van der Waals surface area contributed by atoms with Crippen LogP contribution in [0.15, 0.2) is 46.1 Å². The van der Waals surface area contributed by atoms with Crippen LogP contribution < -0.4 is 10.6 Å². The van der Waals surface area contributed by atoms with Crippen LogP contribution in [0.3, 0.4) is 0 Å². The molecule has 1 fully saturated rings. The first-order valence-corrected chi connectivity index (χ1v) is 11.0. The molecule has 7 nitrogen and oxygen atoms in total. The molecule has 0 saturated carbocycles. The first kappa shape index (κ1) is 20.9. The molecule has 0 N–H and O–H groups in total. The Morgan fingerprint density at radius 1 is 1.20 bits per heavy atom. The fourth-order valence-corrected chi connectivity index (χ4v) is 4.48. The van der Waals surface area contributed by atoms with E-state index in [1.807, 2.05) is 43.2 Å². The molecule has 0 bridgehead atoms. The average Bonchev–Trinajstić information content (AvgIpc) is 3.24. The quantitative estimate of drug-likeness (QED) is 0.567. The molecule has 30 heavy (non-hydrogen) atoms. The van der Waals surface area contributed by atoms with Crippen molar-refractivity contribution >= 4 is 21.6 Å². The number of imidazole rings is 1. The zero-order valence-electron chi connectivity index (χ0n) is 17.9. The summed E-state index contributed by atoms with van der Waals surface area (Å²) in [6.45, 7) is 11.9. The van der Waals surface area contributed by atoms with Crippen LogP contribution in [0.4, 0.5) is 5.69 Å². The Bertz CT molecular complexity index is 1110. The third-order valence-corrected chi connectivity index (χ3v) is 5.87. The van der Waals surface area contributed by atoms with Gasteiger partial charge in [-0.05, 0) is 45.9 Å². The molecular weight excluding hydrogens is 446 g/mol. The summed E-state index contributed by atoms with van der Waals surface area (Å²) in [6.07, 6.45) is 5.71. The Hall–Kier alpha value is -2.32. The van der Waals surface area contributed by atoms with Gasteiger partial charge in [0.25, 0.3) is 0 Å². The summed E-state index contributed by atoms with van der Waals surface area (Å²) in [5, 5.41) is 4.31. The van der Waals surface area contributed by atoms with Gasteiger partial charge in [-0.1, -0.05) is 15.9 Å². The Morgan fingerprint density at radius 3 is 2.67 bits per heavy atom. The van der Waals surface area contributed by atoms with Gasteiger partial charge in [0.15, 0.2) is 0 Å². The molecule has 2 aromatic heterocycles. The smallest absolute Gasteiger partial charge is 0.333 e. The van der Waals surface area contributed by atoms with Crippen LogP contribution >= 0.6 is 15.9 Å². The van der Waals surface area contributed by atoms with Crippen LogP contribution in [0, 0.1) is 6.92 Å². The number of anilines is 1. The zero-order valence-corrected chi connectivity index (χ0v) is 19.5. The minimum absolute atomic E-state index is 0.0527. The molecule has 0 aliphatic carbocycles. The highest BCUT2D eigenvalue weighted by Crippen LogP contribution is 2.28. The van der Waals surface area contributed by atoms with E-state index in [9.17, 15) is 4.79 Å². The Kier molecular flexibility index (Phi) is 5.63. The maximum atomic E-state index is 13.2. The van der Waals surface area contributed by atoms with Crippen molar-refractivity contribution < 1.29 is 4.74 Å². The molecule has 160 valence electrons. The first-order chi connectivity index (χ1) is 14.3. The fraction of sp³-hybridized carbons (Fsp3) is 0.455. The monoisotopic (exact) mass is 473 g/mol. The number of halogens is 1. The number of hydrogen-bond donors (Lipinski definition) is 0. The van der Waals surface area contributed by atoms with Gasteiger partial charge in [-0.2, -0.15) is 5.10 Å². The van der Waals surface area contributed by atoms with Gasteiger partial charge in [0, 0.05) is 53.4 Å². The van der Waals surface area contributed by atoms with E-state index in [0.717, 1.165) is 46.7 Å². The van der Waals surface area contributed by atoms with Crippen molar-refractivity contribution in [2.24, 2.45) is 0 Å². The van der Waals surface area contributed by atoms with E-state index in [2.05, 4.69) is 51.9 Å². The van der Waals surface area contributed by atoms with Crippen LogP contribution in [-0.2, 0) is 17.8 Å². The van der Waals surface area contributed by atoms with Crippen LogP contribution in [0.2, 0.25) is 0 Å². The number of rotatable bonds is 5. The van der Waals surface area contributed by atoms with Crippen LogP contribution in [0.5, 0.6) is 0 Å². The summed E-state index contributed by atoms with van der Waals surface area (Å²) in [7, 11) is 0. The van der Waals surface area contributed by atoms with Crippen LogP contribution in [-0.4, -0.2) is 44.2 Å². The van der Waals surface area contributed by atoms with Crippen LogP contribution in [0.1, 0.15) is 32.0 Å². The summed E-state index contributed by atoms with van der Waals surface area (Å²) in [5.74, 6) is 0. The van der Waals surface area contributed by atoms with Crippen molar-refractivity contribution in [1.29, 1.82) is 0 Å². The van der Waals surface area contributed by atoms with E-state index in [0.29, 0.717) is 13.2 Å². The summed E-state index contributed by atoms with van der Waals surface area (Å²) in [6, 6.07) is 6.17. The highest BCUT2D eigenvalue weighted by molar-refractivity contribution is 9.10. The van der Waals surface area contributed by atoms with Crippen molar-refractivity contribution in [3.05, 3.63) is 63.0 Å². The predicted octanol–water partition coefficient (Wildman–Crippen LogP) is 3.59. The molecule has 3 heterocycles. The second kappa shape index (κ2) is 8.07. The number of ether oxygens (including phenoxy) is 1. The molecule has 0 radical (unpaired) electrons. The molecule has 0 amide bonds. The molecule has 8 heteroatoms. The molecule has 0 spiro atoms. The lowest BCUT2D eigenvalue weighted by molar-refractivity contribution is -0.0276. The standard InChI is InChI=1S/C22H28BrN5O2/c1-5-27-14-17(11-24-27)13-26-12-16(2)28(21(26)29)20-9-18(23)8-19(10-20)25-6-7-30-22(3,4)15-25/h8-12,14H,5-7,13,15H2,1-4H3. The van der Waals surface area contributed by atoms with Crippen molar-refractivity contribution in [1.82, 2.24) is 18.9 Å². The second-order valence-electron chi connectivity index (χ2n) is 8.42. The highest BCUT2D eigenvalue weighted by Gasteiger charge is 2.27. The zero-order chi connectivity index (χ0) is 21.5. The minimum Gasteiger partial charge on any atom is -0.372 e. The van der Waals surface area contributed by atoms with E-state index in [1.165, 1.54) is 0 Å². The molecule has 0 atom stereocenters. The predicted molar refractivity (Wildman–Crippen MR) is 122 cm³/mol. The molecule has 0 unspecified atom stereocenters. The lowest BCUT2D eigenvalue weighted by Crippen LogP contribution is -2.48. The van der Waals surface area contributed by atoms with Crippen molar-refractivity contribution in [2.45, 2.75) is 46.4 Å². The normalized spacial score (nSPS) is 16.2. The van der Waals surface area contributed by atoms with Gasteiger partial charge in [-0.25, -0.2) is 4.79 Å². The number of hydrogen-bond acceptors (Lipinski definition) is 4. The Morgan fingerprint density at radius 2 is 1.97 bits per heavy atom. The second-order valence-corrected chi connectivity index (χ2v) is 9.33. The van der Waals surface area contributed by atoms with Gasteiger partial charge in [-0.3, -0.25) is 13.8 Å². The van der Waals surface area contributed by atoms with E-state index >= 15 is 0 Å². The fourth-order valence-electron chi connectivity index (χ4n) is 4.01. The maximum absolute atomic E-state index is 13.2. The number of aromatic nitrogens is 4. The largest absolute Gasteiger partial charge is 0.372 e. The highest BCUT2D eigenvalue weighted by atomic mass is 79.9. The van der Waals surface area contributed by atoms with E-state index in [4.69, 9.17) is 4.74 Å². The molecule has 1 aliphatic heterocycles. The van der Waals surface area contributed by atoms with Gasteiger partial charge in [0.05, 0.1) is 30.6 Å². The average molecular weight is 474 g/mol. The lowest BCUT2D eigenvalue weighted by atomic mass is 10.1. The number of nitrogens with zero attached hydrogens (tertiary/aromatic N) is 5. The summed E-state index contributed by atoms with van der Waals surface area (Å²) >= 11 is 3.63. The SMILES string of the molecule is CCn1cc(Cn2cc(C)n(-c3cc(Br)cc(N4CCOC(C)(C)C4)c3)c2=O)cn1. The molecule has 1 aromatic carbocycles. The third kappa shape index (κ3) is 4.25. The van der Waals surface area contributed by atoms with Gasteiger partial charge in [-0.15, -0.1) is 0 Å². The van der Waals surface area contributed by atoms with Gasteiger partial charge >= 0.3 is 5.69 Å². The van der Waals surface area contributed by atoms with Gasteiger partial charge < -0.3 is 9.64 Å². The summed E-state index contributed by atoms with van der Waals surface area (Å²) in [5.41, 5.74) is 3.60. The van der Waals surface area contributed by atoms with Gasteiger partial charge in [0.2, 0.25) is 0 Å². The minimum atomic E-state index is -0.195. The number of benzene rings is 1. The number of aryl methyl sites for hydroxylation is 2. The topological polar surface area (TPSA) is 57.2 Å². The number of morpholine rings is 1. The molecule has 3 aromatic rings. The summed E-state index contributed by atoms with van der Waals surface area (Å²) in [4.78, 5) is 15.5. The Balaban J connectivity index is 1.68.